The molecule has 1 spiro atoms. The molecule has 0 aromatic heterocycles. The Morgan fingerprint density at radius 3 is 2.64 bits per heavy atom. The molecule has 28 heavy (non-hydrogen) atoms. The summed E-state index contributed by atoms with van der Waals surface area (Å²) in [4.78, 5) is 14.5. The van der Waals surface area contributed by atoms with Crippen LogP contribution in [0.2, 0.25) is 5.02 Å². The van der Waals surface area contributed by atoms with Gasteiger partial charge in [-0.25, -0.2) is 9.18 Å². The zero-order valence-electron chi connectivity index (χ0n) is 16.3. The van der Waals surface area contributed by atoms with Gasteiger partial charge in [0.05, 0.1) is 5.02 Å². The van der Waals surface area contributed by atoms with Gasteiger partial charge in [0, 0.05) is 22.2 Å². The lowest BCUT2D eigenvalue weighted by Gasteiger charge is -2.58. The zero-order chi connectivity index (χ0) is 20.1. The maximum Gasteiger partial charge on any atom is 0.324 e. The van der Waals surface area contributed by atoms with Crippen LogP contribution in [0.5, 0.6) is 0 Å². The van der Waals surface area contributed by atoms with Crippen LogP contribution >= 0.6 is 32.7 Å². The fourth-order valence-corrected chi connectivity index (χ4v) is 6.44. The molecule has 0 bridgehead atoms. The minimum Gasteiger partial charge on any atom is -0.418 e. The third-order valence-electron chi connectivity index (χ3n) is 6.92. The normalized spacial score (nSPS) is 26.3. The Hall–Kier alpha value is -1.15. The number of carbonyl (C=O) groups excluding carboxylic acids is 1. The van der Waals surface area contributed by atoms with Gasteiger partial charge in [-0.1, -0.05) is 24.6 Å². The third-order valence-corrected chi connectivity index (χ3v) is 9.34. The zero-order valence-corrected chi connectivity index (χ0v) is 19.2. The first-order chi connectivity index (χ1) is 13.3. The molecule has 2 amide bonds. The van der Waals surface area contributed by atoms with Gasteiger partial charge in [-0.15, -0.1) is 0 Å². The third kappa shape index (κ3) is 3.47. The summed E-state index contributed by atoms with van der Waals surface area (Å²) in [6.45, 7) is 7.87. The first kappa shape index (κ1) is 20.1. The van der Waals surface area contributed by atoms with E-state index in [0.717, 1.165) is 43.5 Å². The second-order valence-electron chi connectivity index (χ2n) is 8.19. The Morgan fingerprint density at radius 2 is 2.07 bits per heavy atom. The molecule has 2 atom stereocenters. The molecular weight excluding hydrogens is 494 g/mol. The quantitative estimate of drug-likeness (QED) is 0.508. The van der Waals surface area contributed by atoms with Crippen molar-refractivity contribution in [3.63, 3.8) is 0 Å². The monoisotopic (exact) mass is 518 g/mol. The van der Waals surface area contributed by atoms with Gasteiger partial charge in [0.1, 0.15) is 27.0 Å². The number of piperidine rings is 1. The molecule has 0 radical (unpaired) electrons. The molecule has 3 aliphatic rings. The molecule has 1 saturated heterocycles. The summed E-state index contributed by atoms with van der Waals surface area (Å²) in [5.41, 5.74) is 2.47. The first-order valence-corrected chi connectivity index (χ1v) is 12.0. The fraction of sp³-hybridized carbons (Fsp3) is 0.524. The number of nitrogens with zero attached hydrogens (tertiary/aromatic N) is 1. The Bertz CT molecular complexity index is 877. The Balaban J connectivity index is 1.34. The van der Waals surface area contributed by atoms with E-state index in [-0.39, 0.29) is 22.3 Å². The van der Waals surface area contributed by atoms with E-state index in [2.05, 4.69) is 19.2 Å². The topological polar surface area (TPSA) is 41.6 Å². The SMILES string of the molecule is CC1=IOC(NC(=O)N2CCC3(CC2)CC(c2ccc(F)c(Cl)c2)C3C)=C1C. The van der Waals surface area contributed by atoms with Gasteiger partial charge in [0.2, 0.25) is 5.88 Å². The summed E-state index contributed by atoms with van der Waals surface area (Å²) in [5, 5.41) is 3.15. The number of hydrogen-bond donors (Lipinski definition) is 1. The van der Waals surface area contributed by atoms with Crippen molar-refractivity contribution in [2.45, 2.75) is 46.0 Å². The molecule has 2 heterocycles. The standard InChI is InChI=1S/C21H25ClFIN2O2/c1-12-14(3)24-28-19(12)25-20(27)26-8-6-21(7-9-26)11-16(13(21)2)15-4-5-18(23)17(22)10-15/h4-5,10,13,16H,6-9,11H2,1-3H3,(H,25,27). The Labute approximate surface area is 180 Å². The molecule has 1 N–H and O–H groups in total. The summed E-state index contributed by atoms with van der Waals surface area (Å²) < 4.78 is 20.4. The minimum absolute atomic E-state index is 0.0586. The maximum atomic E-state index is 13.5. The summed E-state index contributed by atoms with van der Waals surface area (Å²) >= 11 is 5.54. The van der Waals surface area contributed by atoms with Crippen molar-refractivity contribution < 1.29 is 12.3 Å². The number of benzene rings is 1. The number of rotatable bonds is 2. The number of amides is 2. The highest BCUT2D eigenvalue weighted by molar-refractivity contribution is 14.2. The number of nitrogens with one attached hydrogen (secondary N) is 1. The molecule has 152 valence electrons. The van der Waals surface area contributed by atoms with E-state index in [4.69, 9.17) is 14.7 Å². The maximum absolute atomic E-state index is 13.5. The molecule has 1 aromatic carbocycles. The van der Waals surface area contributed by atoms with Crippen molar-refractivity contribution in [1.82, 2.24) is 10.2 Å². The van der Waals surface area contributed by atoms with Crippen molar-refractivity contribution in [2.75, 3.05) is 13.1 Å². The van der Waals surface area contributed by atoms with Crippen LogP contribution in [0, 0.1) is 17.2 Å². The van der Waals surface area contributed by atoms with Crippen LogP contribution in [0.15, 0.2) is 29.7 Å². The summed E-state index contributed by atoms with van der Waals surface area (Å²) in [6, 6.07) is 5.03. The van der Waals surface area contributed by atoms with E-state index in [1.807, 2.05) is 17.9 Å². The summed E-state index contributed by atoms with van der Waals surface area (Å²) in [7, 11) is 0. The van der Waals surface area contributed by atoms with Gasteiger partial charge in [0.25, 0.3) is 0 Å². The number of carbonyl (C=O) groups is 1. The second kappa shape index (κ2) is 7.59. The average Bonchev–Trinajstić information content (AvgIpc) is 3.00. The van der Waals surface area contributed by atoms with Crippen LogP contribution in [0.4, 0.5) is 9.18 Å². The number of allylic oxidation sites excluding steroid dienone is 1. The Kier molecular flexibility index (Phi) is 5.46. The van der Waals surface area contributed by atoms with E-state index in [9.17, 15) is 9.18 Å². The van der Waals surface area contributed by atoms with E-state index in [1.54, 1.807) is 6.07 Å². The van der Waals surface area contributed by atoms with Crippen molar-refractivity contribution >= 4 is 42.3 Å². The van der Waals surface area contributed by atoms with Crippen LogP contribution in [-0.4, -0.2) is 27.5 Å². The number of hydrogen-bond acceptors (Lipinski definition) is 2. The molecule has 4 rings (SSSR count). The lowest BCUT2D eigenvalue weighted by molar-refractivity contribution is -0.0372. The highest BCUT2D eigenvalue weighted by Gasteiger charge is 2.52. The van der Waals surface area contributed by atoms with Gasteiger partial charge < -0.3 is 7.97 Å². The largest absolute Gasteiger partial charge is 0.418 e. The average molecular weight is 519 g/mol. The number of likely N-dealkylation sites (tertiary alicyclic amines) is 1. The van der Waals surface area contributed by atoms with E-state index in [1.165, 1.54) is 9.58 Å². The van der Waals surface area contributed by atoms with Crippen molar-refractivity contribution in [1.29, 1.82) is 0 Å². The van der Waals surface area contributed by atoms with Crippen LogP contribution in [-0.2, 0) is 3.07 Å². The lowest BCUT2D eigenvalue weighted by atomic mass is 9.49. The first-order valence-electron chi connectivity index (χ1n) is 9.68. The van der Waals surface area contributed by atoms with Crippen LogP contribution < -0.4 is 5.32 Å². The predicted molar refractivity (Wildman–Crippen MR) is 118 cm³/mol. The molecule has 7 heteroatoms. The van der Waals surface area contributed by atoms with Crippen LogP contribution in [0.1, 0.15) is 51.5 Å². The fourth-order valence-electron chi connectivity index (χ4n) is 4.69. The molecule has 2 unspecified atom stereocenters. The molecule has 1 aromatic rings. The van der Waals surface area contributed by atoms with E-state index in [0.29, 0.717) is 17.7 Å². The second-order valence-corrected chi connectivity index (χ2v) is 11.1. The molecule has 2 fully saturated rings. The number of halogens is 3. The predicted octanol–water partition coefficient (Wildman–Crippen LogP) is 5.73. The Morgan fingerprint density at radius 1 is 1.36 bits per heavy atom. The van der Waals surface area contributed by atoms with Gasteiger partial charge in [0.15, 0.2) is 0 Å². The molecular formula is C21H25ClFIN2O2. The van der Waals surface area contributed by atoms with Crippen molar-refractivity contribution in [3.8, 4) is 0 Å². The molecule has 2 aliphatic heterocycles. The van der Waals surface area contributed by atoms with Crippen molar-refractivity contribution in [2.24, 2.45) is 11.3 Å². The highest BCUT2D eigenvalue weighted by atomic mass is 127. The van der Waals surface area contributed by atoms with Gasteiger partial charge in [-0.2, -0.15) is 0 Å². The van der Waals surface area contributed by atoms with Crippen LogP contribution in [0.3, 0.4) is 0 Å². The summed E-state index contributed by atoms with van der Waals surface area (Å²) in [5.74, 6) is 1.20. The van der Waals surface area contributed by atoms with E-state index >= 15 is 0 Å². The lowest BCUT2D eigenvalue weighted by Crippen LogP contribution is -2.54. The smallest absolute Gasteiger partial charge is 0.324 e. The van der Waals surface area contributed by atoms with Gasteiger partial charge >= 0.3 is 6.03 Å². The molecule has 4 nitrogen and oxygen atoms in total. The highest BCUT2D eigenvalue weighted by Crippen LogP contribution is 2.61. The van der Waals surface area contributed by atoms with Gasteiger partial charge in [-0.3, -0.25) is 5.32 Å². The number of urea groups is 1. The minimum atomic E-state index is -0.423. The molecule has 1 aliphatic carbocycles. The van der Waals surface area contributed by atoms with Crippen LogP contribution in [0.25, 0.3) is 0 Å². The summed E-state index contributed by atoms with van der Waals surface area (Å²) in [6.07, 6.45) is 3.09. The van der Waals surface area contributed by atoms with E-state index < -0.39 is 21.1 Å². The van der Waals surface area contributed by atoms with Gasteiger partial charge in [-0.05, 0) is 68.1 Å². The van der Waals surface area contributed by atoms with Crippen molar-refractivity contribution in [3.05, 3.63) is 46.1 Å². The molecule has 1 saturated carbocycles.